The highest BCUT2D eigenvalue weighted by Gasteiger charge is 2.37. The molecule has 2 aromatic carbocycles. The number of halogens is 6. The predicted molar refractivity (Wildman–Crippen MR) is 109 cm³/mol. The van der Waals surface area contributed by atoms with Gasteiger partial charge in [0.1, 0.15) is 11.3 Å². The molecule has 13 heteroatoms. The zero-order valence-electron chi connectivity index (χ0n) is 17.4. The predicted octanol–water partition coefficient (Wildman–Crippen LogP) is 5.00. The van der Waals surface area contributed by atoms with Gasteiger partial charge in [-0.2, -0.15) is 31.6 Å². The van der Waals surface area contributed by atoms with Gasteiger partial charge in [0.2, 0.25) is 0 Å². The third-order valence-electron chi connectivity index (χ3n) is 4.96. The van der Waals surface area contributed by atoms with Gasteiger partial charge < -0.3 is 9.64 Å². The number of para-hydroxylation sites is 1. The second kappa shape index (κ2) is 8.80. The Balaban J connectivity index is 1.71. The van der Waals surface area contributed by atoms with Gasteiger partial charge in [0.25, 0.3) is 5.95 Å². The minimum Gasteiger partial charge on any atom is -0.494 e. The number of nitrogens with zero attached hydrogens (tertiary/aromatic N) is 5. The lowest BCUT2D eigenvalue weighted by Gasteiger charge is -2.22. The summed E-state index contributed by atoms with van der Waals surface area (Å²) in [6.45, 7) is -0.306. The van der Waals surface area contributed by atoms with E-state index in [2.05, 4.69) is 25.6 Å². The van der Waals surface area contributed by atoms with Crippen LogP contribution in [0.15, 0.2) is 48.7 Å². The molecule has 0 bridgehead atoms. The lowest BCUT2D eigenvalue weighted by molar-refractivity contribution is -0.143. The van der Waals surface area contributed by atoms with Gasteiger partial charge in [0.15, 0.2) is 0 Å². The van der Waals surface area contributed by atoms with Crippen LogP contribution in [0.25, 0.3) is 10.9 Å². The molecule has 0 spiro atoms. The molecule has 0 fully saturated rings. The molecule has 0 aliphatic rings. The highest BCUT2D eigenvalue weighted by molar-refractivity contribution is 5.84. The summed E-state index contributed by atoms with van der Waals surface area (Å²) in [6, 6.07) is 8.53. The molecule has 2 aromatic heterocycles. The molecule has 2 heterocycles. The van der Waals surface area contributed by atoms with Gasteiger partial charge in [-0.3, -0.25) is 4.98 Å². The maximum Gasteiger partial charge on any atom is 0.416 e. The minimum absolute atomic E-state index is 0.00305. The van der Waals surface area contributed by atoms with Crippen LogP contribution in [-0.4, -0.2) is 32.7 Å². The monoisotopic (exact) mass is 482 g/mol. The number of nitrogens with one attached hydrogen (secondary N) is 1. The van der Waals surface area contributed by atoms with Gasteiger partial charge in [-0.15, -0.1) is 5.10 Å². The Morgan fingerprint density at radius 3 is 2.18 bits per heavy atom. The standard InChI is InChI=1S/C21H16F6N6O/c1-34-17-4-2-3-14-5-13(9-28-18(14)17)11-33(19-29-31-32-30-19)10-12-6-15(20(22,23)24)8-16(7-12)21(25,26)27/h2-9H,10-11H2,1H3,(H,29,30,31,32). The van der Waals surface area contributed by atoms with E-state index < -0.39 is 23.5 Å². The van der Waals surface area contributed by atoms with Gasteiger partial charge in [-0.1, -0.05) is 17.2 Å². The number of aromatic amines is 1. The number of aromatic nitrogens is 5. The van der Waals surface area contributed by atoms with Crippen LogP contribution in [0, 0.1) is 0 Å². The summed E-state index contributed by atoms with van der Waals surface area (Å²) in [7, 11) is 1.51. The van der Waals surface area contributed by atoms with E-state index in [4.69, 9.17) is 4.74 Å². The molecule has 0 unspecified atom stereocenters. The number of hydrogen-bond donors (Lipinski definition) is 1. The number of pyridine rings is 1. The maximum atomic E-state index is 13.3. The summed E-state index contributed by atoms with van der Waals surface area (Å²) >= 11 is 0. The number of benzene rings is 2. The molecule has 0 saturated carbocycles. The first kappa shape index (κ1) is 23.3. The van der Waals surface area contributed by atoms with E-state index >= 15 is 0 Å². The normalized spacial score (nSPS) is 12.2. The average molecular weight is 482 g/mol. The first-order valence-electron chi connectivity index (χ1n) is 9.73. The van der Waals surface area contributed by atoms with Gasteiger partial charge in [-0.05, 0) is 46.7 Å². The number of H-pyrrole nitrogens is 1. The Bertz CT molecular complexity index is 1260. The van der Waals surface area contributed by atoms with Crippen molar-refractivity contribution in [1.82, 2.24) is 25.6 Å². The highest BCUT2D eigenvalue weighted by atomic mass is 19.4. The number of methoxy groups -OCH3 is 1. The number of ether oxygens (including phenoxy) is 1. The van der Waals surface area contributed by atoms with Crippen molar-refractivity contribution in [3.63, 3.8) is 0 Å². The molecule has 0 atom stereocenters. The third kappa shape index (κ3) is 5.02. The quantitative estimate of drug-likeness (QED) is 0.390. The van der Waals surface area contributed by atoms with Crippen molar-refractivity contribution in [2.45, 2.75) is 25.4 Å². The van der Waals surface area contributed by atoms with Crippen molar-refractivity contribution >= 4 is 16.9 Å². The fraction of sp³-hybridized carbons (Fsp3) is 0.238. The molecule has 0 saturated heterocycles. The molecule has 0 aliphatic heterocycles. The molecular weight excluding hydrogens is 466 g/mol. The van der Waals surface area contributed by atoms with E-state index in [1.807, 2.05) is 0 Å². The van der Waals surface area contributed by atoms with Gasteiger partial charge in [0, 0.05) is 24.7 Å². The second-order valence-electron chi connectivity index (χ2n) is 7.36. The lowest BCUT2D eigenvalue weighted by atomic mass is 10.0. The fourth-order valence-corrected chi connectivity index (χ4v) is 3.47. The van der Waals surface area contributed by atoms with Crippen molar-refractivity contribution in [3.05, 3.63) is 70.9 Å². The Morgan fingerprint density at radius 2 is 1.59 bits per heavy atom. The molecular formula is C21H16F6N6O. The molecule has 0 radical (unpaired) electrons. The Labute approximate surface area is 188 Å². The summed E-state index contributed by atoms with van der Waals surface area (Å²) in [5, 5.41) is 14.1. The fourth-order valence-electron chi connectivity index (χ4n) is 3.47. The lowest BCUT2D eigenvalue weighted by Crippen LogP contribution is -2.24. The van der Waals surface area contributed by atoms with Crippen LogP contribution in [0.2, 0.25) is 0 Å². The number of tetrazole rings is 1. The zero-order chi connectivity index (χ0) is 24.5. The molecule has 7 nitrogen and oxygen atoms in total. The molecule has 4 rings (SSSR count). The third-order valence-corrected chi connectivity index (χ3v) is 4.96. The molecule has 0 amide bonds. The van der Waals surface area contributed by atoms with E-state index in [1.54, 1.807) is 24.3 Å². The first-order valence-corrected chi connectivity index (χ1v) is 9.73. The van der Waals surface area contributed by atoms with E-state index in [0.29, 0.717) is 29.0 Å². The maximum absolute atomic E-state index is 13.3. The van der Waals surface area contributed by atoms with Crippen LogP contribution in [0.4, 0.5) is 32.3 Å². The van der Waals surface area contributed by atoms with Crippen LogP contribution < -0.4 is 9.64 Å². The smallest absolute Gasteiger partial charge is 0.416 e. The minimum atomic E-state index is -4.95. The van der Waals surface area contributed by atoms with E-state index in [0.717, 1.165) is 5.39 Å². The number of anilines is 1. The average Bonchev–Trinajstić information content (AvgIpc) is 3.31. The topological polar surface area (TPSA) is 79.8 Å². The summed E-state index contributed by atoms with van der Waals surface area (Å²) < 4.78 is 84.9. The van der Waals surface area contributed by atoms with Crippen molar-refractivity contribution in [1.29, 1.82) is 0 Å². The molecule has 4 aromatic rings. The van der Waals surface area contributed by atoms with Gasteiger partial charge in [0.05, 0.1) is 18.2 Å². The molecule has 178 valence electrons. The number of hydrogen-bond acceptors (Lipinski definition) is 6. The summed E-state index contributed by atoms with van der Waals surface area (Å²) in [5.41, 5.74) is -1.79. The van der Waals surface area contributed by atoms with Gasteiger partial charge in [-0.25, -0.2) is 0 Å². The van der Waals surface area contributed by atoms with Crippen LogP contribution in [0.5, 0.6) is 5.75 Å². The van der Waals surface area contributed by atoms with Crippen LogP contribution in [0.1, 0.15) is 22.3 Å². The van der Waals surface area contributed by atoms with Crippen LogP contribution >= 0.6 is 0 Å². The van der Waals surface area contributed by atoms with E-state index in [1.165, 1.54) is 18.2 Å². The summed E-state index contributed by atoms with van der Waals surface area (Å²) in [6.07, 6.45) is -8.37. The highest BCUT2D eigenvalue weighted by Crippen LogP contribution is 2.37. The number of alkyl halides is 6. The Hall–Kier alpha value is -3.90. The SMILES string of the molecule is COc1cccc2cc(CN(Cc3cc(C(F)(F)F)cc(C(F)(F)F)c3)c3nn[nH]n3)cnc12. The van der Waals surface area contributed by atoms with Crippen molar-refractivity contribution in [2.24, 2.45) is 0 Å². The van der Waals surface area contributed by atoms with Crippen molar-refractivity contribution in [3.8, 4) is 5.75 Å². The number of rotatable bonds is 6. The van der Waals surface area contributed by atoms with E-state index in [9.17, 15) is 26.3 Å². The summed E-state index contributed by atoms with van der Waals surface area (Å²) in [4.78, 5) is 5.76. The van der Waals surface area contributed by atoms with Crippen molar-refractivity contribution in [2.75, 3.05) is 12.0 Å². The van der Waals surface area contributed by atoms with E-state index in [-0.39, 0.29) is 30.7 Å². The van der Waals surface area contributed by atoms with Crippen LogP contribution in [-0.2, 0) is 25.4 Å². The largest absolute Gasteiger partial charge is 0.494 e. The molecule has 1 N–H and O–H groups in total. The zero-order valence-corrected chi connectivity index (χ0v) is 17.4. The van der Waals surface area contributed by atoms with Crippen LogP contribution in [0.3, 0.4) is 0 Å². The molecule has 34 heavy (non-hydrogen) atoms. The number of fused-ring (bicyclic) bond motifs is 1. The Kier molecular flexibility index (Phi) is 6.02. The second-order valence-corrected chi connectivity index (χ2v) is 7.36. The Morgan fingerprint density at radius 1 is 0.912 bits per heavy atom. The first-order chi connectivity index (χ1) is 16.0. The van der Waals surface area contributed by atoms with Gasteiger partial charge >= 0.3 is 12.4 Å². The molecule has 0 aliphatic carbocycles. The summed E-state index contributed by atoms with van der Waals surface area (Å²) in [5.74, 6) is 0.555. The van der Waals surface area contributed by atoms with Crippen molar-refractivity contribution < 1.29 is 31.1 Å².